The van der Waals surface area contributed by atoms with Gasteiger partial charge in [-0.15, -0.1) is 0 Å². The van der Waals surface area contributed by atoms with E-state index in [1.54, 1.807) is 0 Å². The molecule has 1 heterocycles. The second-order valence-corrected chi connectivity index (χ2v) is 5.54. The van der Waals surface area contributed by atoms with E-state index in [1.165, 1.54) is 3.57 Å². The molecule has 1 aliphatic rings. The van der Waals surface area contributed by atoms with Crippen LogP contribution in [0, 0.1) is 3.57 Å². The number of hydrogen-bond acceptors (Lipinski definition) is 2. The Morgan fingerprint density at radius 2 is 2.24 bits per heavy atom. The number of nitrogens with zero attached hydrogens (tertiary/aromatic N) is 1. The molecule has 0 aromatic heterocycles. The third-order valence-corrected chi connectivity index (χ3v) is 3.61. The summed E-state index contributed by atoms with van der Waals surface area (Å²) in [5.41, 5.74) is 1.11. The zero-order chi connectivity index (χ0) is 12.1. The lowest BCUT2D eigenvalue weighted by Gasteiger charge is -2.19. The van der Waals surface area contributed by atoms with Crippen molar-refractivity contribution in [1.29, 1.82) is 0 Å². The Labute approximate surface area is 116 Å². The molecule has 92 valence electrons. The van der Waals surface area contributed by atoms with Crippen LogP contribution in [0.15, 0.2) is 24.3 Å². The van der Waals surface area contributed by atoms with Gasteiger partial charge in [-0.1, -0.05) is 12.1 Å². The molecule has 1 N–H and O–H groups in total. The van der Waals surface area contributed by atoms with E-state index in [4.69, 9.17) is 0 Å². The minimum absolute atomic E-state index is 0.246. The van der Waals surface area contributed by atoms with Crippen molar-refractivity contribution < 1.29 is 4.79 Å². The van der Waals surface area contributed by atoms with Crippen LogP contribution in [0.5, 0.6) is 0 Å². The normalized spacial score (nSPS) is 16.6. The molecule has 0 bridgehead atoms. The smallest absolute Gasteiger partial charge is 0.227 e. The largest absolute Gasteiger partial charge is 0.341 e. The molecule has 0 saturated carbocycles. The van der Waals surface area contributed by atoms with Crippen molar-refractivity contribution in [2.24, 2.45) is 0 Å². The van der Waals surface area contributed by atoms with E-state index in [2.05, 4.69) is 34.0 Å². The number of nitrogens with one attached hydrogen (secondary N) is 1. The van der Waals surface area contributed by atoms with Crippen LogP contribution in [0.1, 0.15) is 12.0 Å². The summed E-state index contributed by atoms with van der Waals surface area (Å²) in [6, 6.07) is 8.16. The topological polar surface area (TPSA) is 32.3 Å². The van der Waals surface area contributed by atoms with Gasteiger partial charge in [0.05, 0.1) is 6.42 Å². The third-order valence-electron chi connectivity index (χ3n) is 2.94. The number of hydrogen-bond donors (Lipinski definition) is 1. The highest BCUT2D eigenvalue weighted by Gasteiger charge is 2.15. The van der Waals surface area contributed by atoms with Crippen molar-refractivity contribution in [3.8, 4) is 0 Å². The maximum Gasteiger partial charge on any atom is 0.227 e. The maximum absolute atomic E-state index is 12.1. The first-order valence-electron chi connectivity index (χ1n) is 5.98. The van der Waals surface area contributed by atoms with Gasteiger partial charge in [0, 0.05) is 23.2 Å². The van der Waals surface area contributed by atoms with Gasteiger partial charge >= 0.3 is 0 Å². The summed E-state index contributed by atoms with van der Waals surface area (Å²) in [4.78, 5) is 14.1. The number of halogens is 1. The summed E-state index contributed by atoms with van der Waals surface area (Å²) in [6.07, 6.45) is 1.58. The molecule has 4 heteroatoms. The fourth-order valence-electron chi connectivity index (χ4n) is 2.03. The van der Waals surface area contributed by atoms with E-state index in [1.807, 2.05) is 23.1 Å². The molecule has 3 nitrogen and oxygen atoms in total. The Morgan fingerprint density at radius 3 is 3.06 bits per heavy atom. The van der Waals surface area contributed by atoms with E-state index in [0.29, 0.717) is 6.42 Å². The standard InChI is InChI=1S/C13H17IN2O/c14-12-4-1-3-11(9-12)10-13(17)16-7-2-5-15-6-8-16/h1,3-4,9,15H,2,5-8,10H2. The van der Waals surface area contributed by atoms with Gasteiger partial charge in [0.15, 0.2) is 0 Å². The Bertz CT molecular complexity index is 387. The van der Waals surface area contributed by atoms with Crippen molar-refractivity contribution in [2.75, 3.05) is 26.2 Å². The first-order chi connectivity index (χ1) is 8.25. The SMILES string of the molecule is O=C(Cc1cccc(I)c1)N1CCCNCC1. The summed E-state index contributed by atoms with van der Waals surface area (Å²) in [5, 5.41) is 3.31. The molecule has 1 saturated heterocycles. The molecule has 0 spiro atoms. The molecular formula is C13H17IN2O. The van der Waals surface area contributed by atoms with Crippen molar-refractivity contribution in [1.82, 2.24) is 10.2 Å². The molecule has 17 heavy (non-hydrogen) atoms. The van der Waals surface area contributed by atoms with Gasteiger partial charge in [-0.25, -0.2) is 0 Å². The van der Waals surface area contributed by atoms with Crippen LogP contribution >= 0.6 is 22.6 Å². The van der Waals surface area contributed by atoms with Gasteiger partial charge in [0.2, 0.25) is 5.91 Å². The molecule has 1 aromatic carbocycles. The van der Waals surface area contributed by atoms with Crippen LogP contribution in [-0.4, -0.2) is 37.0 Å². The molecule has 0 radical (unpaired) electrons. The summed E-state index contributed by atoms with van der Waals surface area (Å²) in [7, 11) is 0. The highest BCUT2D eigenvalue weighted by Crippen LogP contribution is 2.10. The Kier molecular flexibility index (Phi) is 4.79. The summed E-state index contributed by atoms with van der Waals surface area (Å²) in [6.45, 7) is 3.66. The van der Waals surface area contributed by atoms with E-state index in [9.17, 15) is 4.79 Å². The summed E-state index contributed by atoms with van der Waals surface area (Å²) < 4.78 is 1.19. The average Bonchev–Trinajstić information content (AvgIpc) is 2.57. The van der Waals surface area contributed by atoms with Crippen LogP contribution < -0.4 is 5.32 Å². The molecule has 1 aromatic rings. The Morgan fingerprint density at radius 1 is 1.35 bits per heavy atom. The second-order valence-electron chi connectivity index (χ2n) is 4.29. The van der Waals surface area contributed by atoms with Crippen molar-refractivity contribution in [3.05, 3.63) is 33.4 Å². The molecule has 1 amide bonds. The lowest BCUT2D eigenvalue weighted by molar-refractivity contribution is -0.130. The summed E-state index contributed by atoms with van der Waals surface area (Å²) >= 11 is 2.28. The van der Waals surface area contributed by atoms with Crippen LogP contribution in [0.3, 0.4) is 0 Å². The van der Waals surface area contributed by atoms with Gasteiger partial charge in [-0.05, 0) is 53.3 Å². The van der Waals surface area contributed by atoms with Crippen LogP contribution in [-0.2, 0) is 11.2 Å². The molecule has 0 atom stereocenters. The Balaban J connectivity index is 1.95. The molecular weight excluding hydrogens is 327 g/mol. The highest BCUT2D eigenvalue weighted by molar-refractivity contribution is 14.1. The predicted molar refractivity (Wildman–Crippen MR) is 76.9 cm³/mol. The van der Waals surface area contributed by atoms with Crippen molar-refractivity contribution >= 4 is 28.5 Å². The zero-order valence-electron chi connectivity index (χ0n) is 9.79. The predicted octanol–water partition coefficient (Wildman–Crippen LogP) is 1.66. The lowest BCUT2D eigenvalue weighted by Crippen LogP contribution is -2.35. The summed E-state index contributed by atoms with van der Waals surface area (Å²) in [5.74, 6) is 0.246. The van der Waals surface area contributed by atoms with Gasteiger partial charge in [0.25, 0.3) is 0 Å². The van der Waals surface area contributed by atoms with Crippen LogP contribution in [0.4, 0.5) is 0 Å². The van der Waals surface area contributed by atoms with E-state index >= 15 is 0 Å². The Hall–Kier alpha value is -0.620. The lowest BCUT2D eigenvalue weighted by atomic mass is 10.1. The zero-order valence-corrected chi connectivity index (χ0v) is 11.9. The second kappa shape index (κ2) is 6.35. The van der Waals surface area contributed by atoms with Gasteiger partial charge in [-0.3, -0.25) is 4.79 Å². The minimum atomic E-state index is 0.246. The maximum atomic E-state index is 12.1. The van der Waals surface area contributed by atoms with Gasteiger partial charge < -0.3 is 10.2 Å². The highest BCUT2D eigenvalue weighted by atomic mass is 127. The number of rotatable bonds is 2. The average molecular weight is 344 g/mol. The molecule has 0 unspecified atom stereocenters. The fourth-order valence-corrected chi connectivity index (χ4v) is 2.64. The number of amides is 1. The van der Waals surface area contributed by atoms with E-state index in [-0.39, 0.29) is 5.91 Å². The minimum Gasteiger partial charge on any atom is -0.341 e. The number of carbonyl (C=O) groups excluding carboxylic acids is 1. The third kappa shape index (κ3) is 3.96. The number of benzene rings is 1. The molecule has 2 rings (SSSR count). The molecule has 1 aliphatic heterocycles. The van der Waals surface area contributed by atoms with E-state index in [0.717, 1.165) is 38.2 Å². The fraction of sp³-hybridized carbons (Fsp3) is 0.462. The van der Waals surface area contributed by atoms with Crippen LogP contribution in [0.2, 0.25) is 0 Å². The van der Waals surface area contributed by atoms with E-state index < -0.39 is 0 Å². The molecule has 0 aliphatic carbocycles. The van der Waals surface area contributed by atoms with Gasteiger partial charge in [-0.2, -0.15) is 0 Å². The van der Waals surface area contributed by atoms with Crippen molar-refractivity contribution in [2.45, 2.75) is 12.8 Å². The van der Waals surface area contributed by atoms with Gasteiger partial charge in [0.1, 0.15) is 0 Å². The first-order valence-corrected chi connectivity index (χ1v) is 7.06. The quantitative estimate of drug-likeness (QED) is 0.828. The number of carbonyl (C=O) groups is 1. The van der Waals surface area contributed by atoms with Crippen LogP contribution in [0.25, 0.3) is 0 Å². The first kappa shape index (κ1) is 12.8. The van der Waals surface area contributed by atoms with Crippen molar-refractivity contribution in [3.63, 3.8) is 0 Å². The molecule has 1 fully saturated rings. The monoisotopic (exact) mass is 344 g/mol.